The molecule has 6 aliphatic rings. The number of rotatable bonds is 6. The first-order valence-corrected chi connectivity index (χ1v) is 17.7. The summed E-state index contributed by atoms with van der Waals surface area (Å²) in [5.74, 6) is -0.495. The first-order chi connectivity index (χ1) is 22.5. The van der Waals surface area contributed by atoms with Gasteiger partial charge >= 0.3 is 0 Å². The van der Waals surface area contributed by atoms with Gasteiger partial charge in [0.25, 0.3) is 10.1 Å². The van der Waals surface area contributed by atoms with E-state index < -0.39 is 33.6 Å². The number of ether oxygens (including phenoxy) is 2. The number of hydrogen-bond donors (Lipinski definition) is 5. The average Bonchev–Trinajstić information content (AvgIpc) is 3.17. The zero-order valence-corrected chi connectivity index (χ0v) is 27.2. The van der Waals surface area contributed by atoms with E-state index in [2.05, 4.69) is 4.99 Å². The molecule has 1 aliphatic carbocycles. The number of benzene rings is 3. The lowest BCUT2D eigenvalue weighted by atomic mass is 9.65. The van der Waals surface area contributed by atoms with Gasteiger partial charge in [-0.25, -0.2) is 4.99 Å². The summed E-state index contributed by atoms with van der Waals surface area (Å²) in [5.41, 5.74) is 15.9. The Kier molecular flexibility index (Phi) is 9.61. The molecule has 8 unspecified atom stereocenters. The first-order valence-electron chi connectivity index (χ1n) is 16.2. The van der Waals surface area contributed by atoms with Crippen LogP contribution in [0, 0.1) is 11.8 Å². The Hall–Kier alpha value is -3.90. The number of nitrogens with zero attached hydrogens (tertiary/aromatic N) is 1. The summed E-state index contributed by atoms with van der Waals surface area (Å²) in [6.07, 6.45) is 2.96. The Morgan fingerprint density at radius 3 is 2.17 bits per heavy atom. The average molecular weight is 662 g/mol. The molecule has 8 atom stereocenters. The van der Waals surface area contributed by atoms with Gasteiger partial charge in [-0.05, 0) is 96.4 Å². The van der Waals surface area contributed by atoms with Crippen molar-refractivity contribution in [3.63, 3.8) is 0 Å². The lowest BCUT2D eigenvalue weighted by molar-refractivity contribution is -0.00769. The zero-order valence-electron chi connectivity index (χ0n) is 26.4. The van der Waals surface area contributed by atoms with E-state index in [1.54, 1.807) is 12.1 Å². The van der Waals surface area contributed by atoms with E-state index in [1.165, 1.54) is 0 Å². The van der Waals surface area contributed by atoms with Gasteiger partial charge in [-0.1, -0.05) is 61.5 Å². The Balaban J connectivity index is 1.55. The van der Waals surface area contributed by atoms with E-state index in [9.17, 15) is 23.2 Å². The van der Waals surface area contributed by atoms with Crippen molar-refractivity contribution in [1.29, 1.82) is 0 Å². The van der Waals surface area contributed by atoms with Crippen molar-refractivity contribution >= 4 is 16.1 Å². The van der Waals surface area contributed by atoms with Crippen LogP contribution in [-0.2, 0) is 14.9 Å². The summed E-state index contributed by atoms with van der Waals surface area (Å²) < 4.78 is 50.9. The molecular weight excluding hydrogens is 618 g/mol. The first kappa shape index (κ1) is 33.0. The third kappa shape index (κ3) is 7.18. The molecule has 47 heavy (non-hydrogen) atoms. The summed E-state index contributed by atoms with van der Waals surface area (Å²) in [6.45, 7) is 1.96. The minimum atomic E-state index is -4.53. The second kappa shape index (κ2) is 13.7. The summed E-state index contributed by atoms with van der Waals surface area (Å²) in [4.78, 5) is 4.34. The van der Waals surface area contributed by atoms with Crippen LogP contribution in [0.1, 0.15) is 85.4 Å². The van der Waals surface area contributed by atoms with Crippen LogP contribution in [0.2, 0.25) is 0 Å². The van der Waals surface area contributed by atoms with Crippen LogP contribution >= 0.6 is 0 Å². The van der Waals surface area contributed by atoms with Crippen LogP contribution in [0.25, 0.3) is 0 Å². The molecule has 1 saturated heterocycles. The van der Waals surface area contributed by atoms with Crippen LogP contribution in [0.4, 0.5) is 0 Å². The van der Waals surface area contributed by atoms with E-state index in [-0.39, 0.29) is 48.6 Å². The van der Waals surface area contributed by atoms with Gasteiger partial charge in [0.1, 0.15) is 17.6 Å². The fraction of sp³-hybridized carbons (Fsp3) is 0.417. The second-order valence-corrected chi connectivity index (χ2v) is 14.6. The number of aromatic hydroxyl groups is 1. The predicted molar refractivity (Wildman–Crippen MR) is 180 cm³/mol. The molecule has 0 spiro atoms. The van der Waals surface area contributed by atoms with Crippen LogP contribution < -0.4 is 16.2 Å². The van der Waals surface area contributed by atoms with Gasteiger partial charge in [0, 0.05) is 18.1 Å². The molecule has 3 aromatic rings. The lowest BCUT2D eigenvalue weighted by Gasteiger charge is -2.41. The molecule has 0 saturated carbocycles. The van der Waals surface area contributed by atoms with Gasteiger partial charge < -0.3 is 31.2 Å². The largest absolute Gasteiger partial charge is 0.508 e. The van der Waals surface area contributed by atoms with Crippen molar-refractivity contribution in [2.24, 2.45) is 28.3 Å². The van der Waals surface area contributed by atoms with Gasteiger partial charge in [-0.3, -0.25) is 4.55 Å². The Labute approximate surface area is 275 Å². The van der Waals surface area contributed by atoms with Crippen LogP contribution in [0.3, 0.4) is 0 Å². The van der Waals surface area contributed by atoms with Crippen molar-refractivity contribution in [1.82, 2.24) is 0 Å². The Bertz CT molecular complexity index is 1700. The predicted octanol–water partition coefficient (Wildman–Crippen LogP) is 5.46. The third-order valence-electron chi connectivity index (χ3n) is 10.00. The molecule has 9 rings (SSSR count). The van der Waals surface area contributed by atoms with Gasteiger partial charge in [0.2, 0.25) is 6.23 Å². The maximum atomic E-state index is 13.5. The Morgan fingerprint density at radius 1 is 0.915 bits per heavy atom. The monoisotopic (exact) mass is 661 g/mol. The van der Waals surface area contributed by atoms with E-state index in [4.69, 9.17) is 20.9 Å². The second-order valence-electron chi connectivity index (χ2n) is 12.9. The zero-order chi connectivity index (χ0) is 33.3. The molecule has 11 heteroatoms. The van der Waals surface area contributed by atoms with Gasteiger partial charge in [0.05, 0.1) is 11.4 Å². The molecule has 3 aromatic carbocycles. The highest BCUT2D eigenvalue weighted by atomic mass is 32.2. The number of allylic oxidation sites excluding steroid dienone is 1. The topological polar surface area (TPSA) is 178 Å². The Morgan fingerprint density at radius 2 is 1.55 bits per heavy atom. The molecule has 6 bridgehead atoms. The fourth-order valence-electron chi connectivity index (χ4n) is 7.80. The number of fused-ring (bicyclic) bond motifs is 2. The number of guanidine groups is 1. The molecule has 250 valence electrons. The number of phenolic OH excluding ortho intramolecular Hbond substituents is 1. The highest BCUT2D eigenvalue weighted by molar-refractivity contribution is 7.86. The summed E-state index contributed by atoms with van der Waals surface area (Å²) in [5, 5.41) is 18.9. The summed E-state index contributed by atoms with van der Waals surface area (Å²) >= 11 is 0. The van der Waals surface area contributed by atoms with E-state index in [0.717, 1.165) is 27.8 Å². The maximum absolute atomic E-state index is 13.5. The van der Waals surface area contributed by atoms with Crippen molar-refractivity contribution in [3.8, 4) is 11.5 Å². The fourth-order valence-corrected chi connectivity index (χ4v) is 8.92. The SMILES string of the molecule is CCC1CC(S(=O)(=O)O)C2C=C3CC(CC(CCO)OC3c3ccc(O)cc3)C2c2ccc(cc2)C(N=C(N)N)Oc2ccc1cc2. The molecule has 10 nitrogen and oxygen atoms in total. The lowest BCUT2D eigenvalue weighted by Crippen LogP contribution is -2.39. The molecule has 7 N–H and O–H groups in total. The number of hydrogen-bond acceptors (Lipinski definition) is 7. The van der Waals surface area contributed by atoms with Crippen LogP contribution in [0.15, 0.2) is 89.4 Å². The van der Waals surface area contributed by atoms with E-state index >= 15 is 0 Å². The molecule has 1 fully saturated rings. The van der Waals surface area contributed by atoms with Gasteiger partial charge in [-0.15, -0.1) is 0 Å². The number of nitrogens with two attached hydrogens (primary N) is 2. The number of aliphatic imine (C=N–C) groups is 1. The van der Waals surface area contributed by atoms with Gasteiger partial charge in [-0.2, -0.15) is 8.42 Å². The molecule has 0 aromatic heterocycles. The highest BCUT2D eigenvalue weighted by Crippen LogP contribution is 2.53. The molecule has 0 radical (unpaired) electrons. The molecule has 5 aliphatic heterocycles. The van der Waals surface area contributed by atoms with Crippen molar-refractivity contribution in [3.05, 3.63) is 107 Å². The smallest absolute Gasteiger partial charge is 0.268 e. The number of aliphatic hydroxyl groups is 1. The van der Waals surface area contributed by atoms with Crippen molar-refractivity contribution < 1.29 is 32.7 Å². The molecule has 5 heterocycles. The maximum Gasteiger partial charge on any atom is 0.268 e. The normalized spacial score (nSPS) is 29.0. The minimum Gasteiger partial charge on any atom is -0.508 e. The molecular formula is C36H43N3O7S. The standard InChI is InChI=1S/C36H43N3O7S/c1-2-21-20-32(47(42,43)44)31-19-27-17-26(18-30(15-16-40)45-34(27)24-7-11-28(41)12-8-24)33(31)23-3-5-25(6-4-23)35(39-36(37)38)46-29-13-9-22(21)10-14-29/h3-14,19,21,26,30-35,40-41H,2,15-18,20H2,1H3,(H4,37,38,39)(H,42,43,44). The number of phenols is 1. The van der Waals surface area contributed by atoms with E-state index in [1.807, 2.05) is 73.7 Å². The summed E-state index contributed by atoms with van der Waals surface area (Å²) in [6, 6.07) is 22.1. The van der Waals surface area contributed by atoms with E-state index in [0.29, 0.717) is 31.4 Å². The van der Waals surface area contributed by atoms with Gasteiger partial charge in [0.15, 0.2) is 5.96 Å². The quantitative estimate of drug-likeness (QED) is 0.0994. The molecule has 0 amide bonds. The highest BCUT2D eigenvalue weighted by Gasteiger charge is 2.47. The number of aliphatic hydroxyl groups excluding tert-OH is 1. The van der Waals surface area contributed by atoms with Crippen molar-refractivity contribution in [2.45, 2.75) is 74.5 Å². The third-order valence-corrected chi connectivity index (χ3v) is 11.3. The van der Waals surface area contributed by atoms with Crippen molar-refractivity contribution in [2.75, 3.05) is 6.61 Å². The summed E-state index contributed by atoms with van der Waals surface area (Å²) in [7, 11) is -4.53. The van der Waals surface area contributed by atoms with Crippen LogP contribution in [-0.4, -0.2) is 47.1 Å². The van der Waals surface area contributed by atoms with Crippen LogP contribution in [0.5, 0.6) is 11.5 Å². The minimum absolute atomic E-state index is 0.0480.